The second-order valence-corrected chi connectivity index (χ2v) is 9.53. The van der Waals surface area contributed by atoms with Crippen molar-refractivity contribution in [2.45, 2.75) is 71.4 Å². The van der Waals surface area contributed by atoms with Crippen molar-refractivity contribution < 1.29 is 18.7 Å². The highest BCUT2D eigenvalue weighted by molar-refractivity contribution is 5.80. The van der Waals surface area contributed by atoms with Gasteiger partial charge in [-0.2, -0.15) is 0 Å². The number of amides is 1. The number of nitrogens with one attached hydrogen (secondary N) is 1. The zero-order valence-electron chi connectivity index (χ0n) is 19.9. The minimum Gasteiger partial charge on any atom is -0.465 e. The van der Waals surface area contributed by atoms with Gasteiger partial charge in [0.1, 0.15) is 6.04 Å². The van der Waals surface area contributed by atoms with E-state index in [9.17, 15) is 14.4 Å². The number of carbonyl (C=O) groups excluding carboxylic acids is 2. The lowest BCUT2D eigenvalue weighted by Gasteiger charge is -2.39. The SMILES string of the molecule is CCCOC(=O)[C@H]1CCCN1C1CCN(C(=O)[C@H](C)Cc2cc(C)c3[nH]c(=O)oc3c2)CC1. The van der Waals surface area contributed by atoms with Crippen molar-refractivity contribution in [3.8, 4) is 0 Å². The Kier molecular flexibility index (Phi) is 7.22. The largest absolute Gasteiger partial charge is 0.465 e. The number of likely N-dealkylation sites (tertiary alicyclic amines) is 2. The summed E-state index contributed by atoms with van der Waals surface area (Å²) >= 11 is 0. The summed E-state index contributed by atoms with van der Waals surface area (Å²) in [5.74, 6) is -0.558. The summed E-state index contributed by atoms with van der Waals surface area (Å²) in [6, 6.07) is 4.05. The second-order valence-electron chi connectivity index (χ2n) is 9.53. The summed E-state index contributed by atoms with van der Waals surface area (Å²) in [6.07, 6.45) is 5.09. The van der Waals surface area contributed by atoms with Gasteiger partial charge in [-0.1, -0.05) is 19.9 Å². The van der Waals surface area contributed by atoms with Crippen LogP contribution in [0.3, 0.4) is 0 Å². The molecule has 2 atom stereocenters. The summed E-state index contributed by atoms with van der Waals surface area (Å²) in [5.41, 5.74) is 3.17. The van der Waals surface area contributed by atoms with Crippen molar-refractivity contribution in [1.82, 2.24) is 14.8 Å². The van der Waals surface area contributed by atoms with Crippen LogP contribution >= 0.6 is 0 Å². The van der Waals surface area contributed by atoms with Gasteiger partial charge >= 0.3 is 11.7 Å². The smallest absolute Gasteiger partial charge is 0.417 e. The molecule has 2 saturated heterocycles. The predicted octanol–water partition coefficient (Wildman–Crippen LogP) is 3.02. The van der Waals surface area contributed by atoms with Crippen LogP contribution in [0.25, 0.3) is 11.1 Å². The van der Waals surface area contributed by atoms with Crippen LogP contribution in [-0.4, -0.2) is 65.0 Å². The van der Waals surface area contributed by atoms with Crippen molar-refractivity contribution in [3.63, 3.8) is 0 Å². The normalized spacial score (nSPS) is 20.9. The number of fused-ring (bicyclic) bond motifs is 1. The van der Waals surface area contributed by atoms with Gasteiger partial charge in [0.2, 0.25) is 5.91 Å². The highest BCUT2D eigenvalue weighted by atomic mass is 16.5. The first-order chi connectivity index (χ1) is 15.9. The molecule has 0 unspecified atom stereocenters. The number of hydrogen-bond acceptors (Lipinski definition) is 6. The molecule has 180 valence electrons. The van der Waals surface area contributed by atoms with E-state index in [1.165, 1.54) is 0 Å². The van der Waals surface area contributed by atoms with E-state index in [1.807, 2.05) is 37.8 Å². The van der Waals surface area contributed by atoms with Gasteiger partial charge in [0.25, 0.3) is 0 Å². The molecule has 1 amide bonds. The maximum Gasteiger partial charge on any atom is 0.417 e. The summed E-state index contributed by atoms with van der Waals surface area (Å²) in [7, 11) is 0. The van der Waals surface area contributed by atoms with Crippen molar-refractivity contribution in [1.29, 1.82) is 0 Å². The zero-order chi connectivity index (χ0) is 23.5. The van der Waals surface area contributed by atoms with Gasteiger partial charge in [0.05, 0.1) is 12.1 Å². The fourth-order valence-corrected chi connectivity index (χ4v) is 5.36. The molecular formula is C25H35N3O5. The Bertz CT molecular complexity index is 1050. The minimum atomic E-state index is -0.462. The van der Waals surface area contributed by atoms with Gasteiger partial charge in [-0.25, -0.2) is 4.79 Å². The molecule has 1 N–H and O–H groups in total. The monoisotopic (exact) mass is 457 g/mol. The van der Waals surface area contributed by atoms with Crippen LogP contribution < -0.4 is 5.76 Å². The molecule has 0 bridgehead atoms. The molecule has 2 aliphatic rings. The zero-order valence-corrected chi connectivity index (χ0v) is 19.9. The first-order valence-electron chi connectivity index (χ1n) is 12.2. The number of benzene rings is 1. The van der Waals surface area contributed by atoms with E-state index < -0.39 is 5.76 Å². The van der Waals surface area contributed by atoms with Crippen LogP contribution in [-0.2, 0) is 20.7 Å². The van der Waals surface area contributed by atoms with E-state index in [0.29, 0.717) is 43.3 Å². The molecule has 8 heteroatoms. The molecule has 1 aromatic carbocycles. The summed E-state index contributed by atoms with van der Waals surface area (Å²) < 4.78 is 10.6. The third-order valence-corrected chi connectivity index (χ3v) is 7.01. The first kappa shape index (κ1) is 23.5. The number of aromatic nitrogens is 1. The number of aromatic amines is 1. The predicted molar refractivity (Wildman–Crippen MR) is 125 cm³/mol. The number of aryl methyl sites for hydroxylation is 1. The summed E-state index contributed by atoms with van der Waals surface area (Å²) in [6.45, 7) is 8.73. The molecule has 0 aliphatic carbocycles. The fourth-order valence-electron chi connectivity index (χ4n) is 5.36. The molecule has 2 fully saturated rings. The molecule has 1 aromatic heterocycles. The molecule has 0 saturated carbocycles. The maximum absolute atomic E-state index is 13.1. The highest BCUT2D eigenvalue weighted by Crippen LogP contribution is 2.28. The average Bonchev–Trinajstić information content (AvgIpc) is 3.43. The number of H-pyrrole nitrogens is 1. The second kappa shape index (κ2) is 10.1. The van der Waals surface area contributed by atoms with Crippen LogP contribution in [0.2, 0.25) is 0 Å². The lowest BCUT2D eigenvalue weighted by Crippen LogP contribution is -2.51. The third kappa shape index (κ3) is 5.16. The molecule has 4 rings (SSSR count). The number of oxazole rings is 1. The Morgan fingerprint density at radius 1 is 1.21 bits per heavy atom. The Balaban J connectivity index is 1.32. The van der Waals surface area contributed by atoms with Crippen molar-refractivity contribution in [2.75, 3.05) is 26.2 Å². The van der Waals surface area contributed by atoms with Gasteiger partial charge in [0, 0.05) is 25.0 Å². The molecule has 8 nitrogen and oxygen atoms in total. The fraction of sp³-hybridized carbons (Fsp3) is 0.640. The minimum absolute atomic E-state index is 0.0907. The van der Waals surface area contributed by atoms with E-state index in [-0.39, 0.29) is 23.8 Å². The van der Waals surface area contributed by atoms with E-state index in [2.05, 4.69) is 9.88 Å². The molecule has 0 radical (unpaired) electrons. The van der Waals surface area contributed by atoms with Crippen LogP contribution in [0.15, 0.2) is 21.3 Å². The Morgan fingerprint density at radius 2 is 1.97 bits per heavy atom. The number of nitrogens with zero attached hydrogens (tertiary/aromatic N) is 2. The van der Waals surface area contributed by atoms with Gasteiger partial charge in [-0.3, -0.25) is 19.5 Å². The van der Waals surface area contributed by atoms with E-state index in [4.69, 9.17) is 9.15 Å². The maximum atomic E-state index is 13.1. The van der Waals surface area contributed by atoms with Crippen molar-refractivity contribution in [2.24, 2.45) is 5.92 Å². The van der Waals surface area contributed by atoms with Gasteiger partial charge in [-0.15, -0.1) is 0 Å². The molecular weight excluding hydrogens is 422 g/mol. The molecule has 2 aliphatic heterocycles. The van der Waals surface area contributed by atoms with Crippen molar-refractivity contribution >= 4 is 23.0 Å². The number of esters is 1. The lowest BCUT2D eigenvalue weighted by atomic mass is 9.96. The van der Waals surface area contributed by atoms with Crippen molar-refractivity contribution in [3.05, 3.63) is 33.8 Å². The number of hydrogen-bond donors (Lipinski definition) is 1. The topological polar surface area (TPSA) is 95.9 Å². The highest BCUT2D eigenvalue weighted by Gasteiger charge is 2.38. The van der Waals surface area contributed by atoms with Gasteiger partial charge < -0.3 is 14.1 Å². The van der Waals surface area contributed by atoms with Crippen LogP contribution in [0, 0.1) is 12.8 Å². The summed E-state index contributed by atoms with van der Waals surface area (Å²) in [4.78, 5) is 44.1. The molecule has 3 heterocycles. The number of rotatable bonds is 7. The quantitative estimate of drug-likeness (QED) is 0.642. The van der Waals surface area contributed by atoms with Crippen LogP contribution in [0.1, 0.15) is 57.1 Å². The van der Waals surface area contributed by atoms with E-state index >= 15 is 0 Å². The third-order valence-electron chi connectivity index (χ3n) is 7.01. The Hall–Kier alpha value is -2.61. The summed E-state index contributed by atoms with van der Waals surface area (Å²) in [5, 5.41) is 0. The molecule has 0 spiro atoms. The van der Waals surface area contributed by atoms with Gasteiger partial charge in [-0.05, 0) is 69.2 Å². The lowest BCUT2D eigenvalue weighted by molar-refractivity contribution is -0.150. The Labute approximate surface area is 194 Å². The molecule has 2 aromatic rings. The number of carbonyl (C=O) groups is 2. The van der Waals surface area contributed by atoms with Gasteiger partial charge in [0.15, 0.2) is 5.58 Å². The number of ether oxygens (including phenoxy) is 1. The standard InChI is InChI=1S/C25H35N3O5/c1-4-12-32-24(30)20-6-5-9-28(20)19-7-10-27(11-8-19)23(29)17(3)14-18-13-16(2)22-21(15-18)33-25(31)26-22/h13,15,17,19-20H,4-12,14H2,1-3H3,(H,26,31)/t17-,20-/m1/s1. The van der Waals surface area contributed by atoms with Crippen LogP contribution in [0.4, 0.5) is 0 Å². The first-order valence-corrected chi connectivity index (χ1v) is 12.2. The molecule has 33 heavy (non-hydrogen) atoms. The van der Waals surface area contributed by atoms with E-state index in [1.54, 1.807) is 0 Å². The Morgan fingerprint density at radius 3 is 2.70 bits per heavy atom. The number of piperidine rings is 1. The average molecular weight is 458 g/mol. The van der Waals surface area contributed by atoms with Crippen LogP contribution in [0.5, 0.6) is 0 Å². The van der Waals surface area contributed by atoms with E-state index in [0.717, 1.165) is 49.8 Å².